The topological polar surface area (TPSA) is 20.2 Å². The van der Waals surface area contributed by atoms with E-state index in [2.05, 4.69) is 20.8 Å². The Morgan fingerprint density at radius 2 is 1.92 bits per heavy atom. The molecule has 13 heavy (non-hydrogen) atoms. The van der Waals surface area contributed by atoms with Crippen LogP contribution in [0.2, 0.25) is 0 Å². The molecule has 2 unspecified atom stereocenters. The van der Waals surface area contributed by atoms with Crippen LogP contribution in [0.4, 0.5) is 0 Å². The number of hydrogen-bond acceptors (Lipinski definition) is 1. The van der Waals surface area contributed by atoms with Crippen molar-refractivity contribution in [3.05, 3.63) is 0 Å². The summed E-state index contributed by atoms with van der Waals surface area (Å²) in [6.07, 6.45) is 5.86. The van der Waals surface area contributed by atoms with Crippen LogP contribution in [-0.2, 0) is 0 Å². The summed E-state index contributed by atoms with van der Waals surface area (Å²) in [6, 6.07) is 0. The average molecular weight is 184 g/mol. The fourth-order valence-corrected chi connectivity index (χ4v) is 2.45. The van der Waals surface area contributed by atoms with Crippen LogP contribution in [0, 0.1) is 11.3 Å². The Morgan fingerprint density at radius 3 is 2.38 bits per heavy atom. The van der Waals surface area contributed by atoms with Crippen LogP contribution < -0.4 is 0 Å². The Morgan fingerprint density at radius 1 is 1.31 bits per heavy atom. The summed E-state index contributed by atoms with van der Waals surface area (Å²) < 4.78 is 0. The first-order chi connectivity index (χ1) is 5.81. The molecule has 0 aromatic rings. The second-order valence-corrected chi connectivity index (χ2v) is 6.06. The van der Waals surface area contributed by atoms with Crippen molar-refractivity contribution < 1.29 is 5.11 Å². The van der Waals surface area contributed by atoms with Gasteiger partial charge in [0, 0.05) is 0 Å². The SMILES string of the molecule is CC(C)(C)CC1CCCCC1(C)O. The summed E-state index contributed by atoms with van der Waals surface area (Å²) in [5, 5.41) is 10.2. The summed E-state index contributed by atoms with van der Waals surface area (Å²) in [5.41, 5.74) is -0.0441. The Labute approximate surface area is 82.5 Å². The maximum atomic E-state index is 10.2. The molecule has 1 heteroatoms. The molecule has 0 aliphatic heterocycles. The molecule has 0 bridgehead atoms. The molecule has 0 saturated heterocycles. The zero-order valence-electron chi connectivity index (χ0n) is 9.56. The highest BCUT2D eigenvalue weighted by Gasteiger charge is 2.36. The fourth-order valence-electron chi connectivity index (χ4n) is 2.45. The van der Waals surface area contributed by atoms with Gasteiger partial charge in [-0.3, -0.25) is 0 Å². The molecule has 2 atom stereocenters. The minimum absolute atomic E-state index is 0.353. The highest BCUT2D eigenvalue weighted by atomic mass is 16.3. The predicted molar refractivity (Wildman–Crippen MR) is 56.7 cm³/mol. The van der Waals surface area contributed by atoms with Crippen molar-refractivity contribution in [3.63, 3.8) is 0 Å². The third kappa shape index (κ3) is 3.30. The Bertz CT molecular complexity index is 164. The number of rotatable bonds is 1. The number of aliphatic hydroxyl groups is 1. The van der Waals surface area contributed by atoms with Gasteiger partial charge < -0.3 is 5.11 Å². The monoisotopic (exact) mass is 184 g/mol. The Balaban J connectivity index is 2.56. The van der Waals surface area contributed by atoms with Crippen molar-refractivity contribution in [3.8, 4) is 0 Å². The normalized spacial score (nSPS) is 36.2. The molecule has 1 fully saturated rings. The first-order valence-electron chi connectivity index (χ1n) is 5.54. The molecule has 1 aliphatic carbocycles. The highest BCUT2D eigenvalue weighted by Crippen LogP contribution is 2.40. The lowest BCUT2D eigenvalue weighted by molar-refractivity contribution is -0.0462. The molecule has 1 saturated carbocycles. The van der Waals surface area contributed by atoms with Crippen LogP contribution in [0.15, 0.2) is 0 Å². The molecule has 1 nitrogen and oxygen atoms in total. The summed E-state index contributed by atoms with van der Waals surface area (Å²) in [6.45, 7) is 8.80. The molecular weight excluding hydrogens is 160 g/mol. The number of hydrogen-bond donors (Lipinski definition) is 1. The van der Waals surface area contributed by atoms with E-state index in [9.17, 15) is 5.11 Å². The van der Waals surface area contributed by atoms with Crippen molar-refractivity contribution >= 4 is 0 Å². The van der Waals surface area contributed by atoms with Gasteiger partial charge in [-0.1, -0.05) is 33.6 Å². The molecule has 1 aliphatic rings. The molecule has 0 spiro atoms. The zero-order valence-corrected chi connectivity index (χ0v) is 9.56. The lowest BCUT2D eigenvalue weighted by atomic mass is 9.70. The maximum absolute atomic E-state index is 10.2. The third-order valence-corrected chi connectivity index (χ3v) is 3.22. The van der Waals surface area contributed by atoms with E-state index in [1.165, 1.54) is 19.3 Å². The molecule has 1 N–H and O–H groups in total. The van der Waals surface area contributed by atoms with Gasteiger partial charge in [-0.15, -0.1) is 0 Å². The first kappa shape index (κ1) is 11.0. The van der Waals surface area contributed by atoms with Gasteiger partial charge in [-0.05, 0) is 37.5 Å². The summed E-state index contributed by atoms with van der Waals surface area (Å²) >= 11 is 0. The van der Waals surface area contributed by atoms with E-state index in [1.807, 2.05) is 6.92 Å². The van der Waals surface area contributed by atoms with Gasteiger partial charge in [0.15, 0.2) is 0 Å². The van der Waals surface area contributed by atoms with Crippen LogP contribution >= 0.6 is 0 Å². The zero-order chi connectivity index (χ0) is 10.1. The Kier molecular flexibility index (Phi) is 3.06. The lowest BCUT2D eigenvalue weighted by Crippen LogP contribution is -2.39. The van der Waals surface area contributed by atoms with E-state index in [0.29, 0.717) is 11.3 Å². The van der Waals surface area contributed by atoms with Gasteiger partial charge in [-0.2, -0.15) is 0 Å². The second-order valence-electron chi connectivity index (χ2n) is 6.06. The van der Waals surface area contributed by atoms with Crippen molar-refractivity contribution in [1.82, 2.24) is 0 Å². The predicted octanol–water partition coefficient (Wildman–Crippen LogP) is 3.36. The molecule has 0 aromatic carbocycles. The van der Waals surface area contributed by atoms with E-state index >= 15 is 0 Å². The highest BCUT2D eigenvalue weighted by molar-refractivity contribution is 4.88. The quantitative estimate of drug-likeness (QED) is 0.662. The van der Waals surface area contributed by atoms with E-state index in [1.54, 1.807) is 0 Å². The van der Waals surface area contributed by atoms with Crippen LogP contribution in [0.1, 0.15) is 59.8 Å². The van der Waals surface area contributed by atoms with Gasteiger partial charge in [0.1, 0.15) is 0 Å². The first-order valence-corrected chi connectivity index (χ1v) is 5.54. The van der Waals surface area contributed by atoms with E-state index in [-0.39, 0.29) is 0 Å². The molecule has 0 amide bonds. The molecule has 78 valence electrons. The van der Waals surface area contributed by atoms with Gasteiger partial charge in [0.2, 0.25) is 0 Å². The van der Waals surface area contributed by atoms with Crippen LogP contribution in [0.3, 0.4) is 0 Å². The van der Waals surface area contributed by atoms with Gasteiger partial charge in [0.05, 0.1) is 5.60 Å². The molecule has 0 radical (unpaired) electrons. The van der Waals surface area contributed by atoms with Crippen molar-refractivity contribution in [2.45, 2.75) is 65.4 Å². The molecule has 1 rings (SSSR count). The van der Waals surface area contributed by atoms with Crippen molar-refractivity contribution in [2.75, 3.05) is 0 Å². The third-order valence-electron chi connectivity index (χ3n) is 3.22. The Hall–Kier alpha value is -0.0400. The molecule has 0 aromatic heterocycles. The van der Waals surface area contributed by atoms with E-state index in [0.717, 1.165) is 12.8 Å². The second kappa shape index (κ2) is 3.61. The van der Waals surface area contributed by atoms with Gasteiger partial charge in [0.25, 0.3) is 0 Å². The fraction of sp³-hybridized carbons (Fsp3) is 1.00. The van der Waals surface area contributed by atoms with E-state index in [4.69, 9.17) is 0 Å². The van der Waals surface area contributed by atoms with Gasteiger partial charge in [-0.25, -0.2) is 0 Å². The molecule has 0 heterocycles. The van der Waals surface area contributed by atoms with Crippen LogP contribution in [-0.4, -0.2) is 10.7 Å². The standard InChI is InChI=1S/C12H24O/c1-11(2,3)9-10-7-5-6-8-12(10,4)13/h10,13H,5-9H2,1-4H3. The maximum Gasteiger partial charge on any atom is 0.0648 e. The molecular formula is C12H24O. The van der Waals surface area contributed by atoms with Crippen molar-refractivity contribution in [1.29, 1.82) is 0 Å². The summed E-state index contributed by atoms with van der Waals surface area (Å²) in [5.74, 6) is 0.515. The minimum Gasteiger partial charge on any atom is -0.390 e. The van der Waals surface area contributed by atoms with E-state index < -0.39 is 5.60 Å². The summed E-state index contributed by atoms with van der Waals surface area (Å²) in [4.78, 5) is 0. The smallest absolute Gasteiger partial charge is 0.0648 e. The lowest BCUT2D eigenvalue weighted by Gasteiger charge is -2.40. The van der Waals surface area contributed by atoms with Crippen molar-refractivity contribution in [2.24, 2.45) is 11.3 Å². The van der Waals surface area contributed by atoms with Gasteiger partial charge >= 0.3 is 0 Å². The van der Waals surface area contributed by atoms with Crippen LogP contribution in [0.25, 0.3) is 0 Å². The average Bonchev–Trinajstić information content (AvgIpc) is 1.91. The summed E-state index contributed by atoms with van der Waals surface area (Å²) in [7, 11) is 0. The largest absolute Gasteiger partial charge is 0.390 e. The minimum atomic E-state index is -0.397. The van der Waals surface area contributed by atoms with Crippen LogP contribution in [0.5, 0.6) is 0 Å².